The molecule has 8 heteroatoms. The zero-order chi connectivity index (χ0) is 22.6. The standard InChI is InChI=1S/C23H28N2O5S/c1-17(18-9-5-3-6-10-18)24-21(26)13-14-22(27)25-20(23(28)30-2)15-16-31(29)19-11-7-4-8-12-19/h3-12,17,20H,13-16H2,1-2H3,(H,24,26)(H,25,27)/t17-,20-,31-/m1/s1. The molecule has 0 aromatic heterocycles. The van der Waals surface area contributed by atoms with Crippen LogP contribution in [0.2, 0.25) is 0 Å². The van der Waals surface area contributed by atoms with Gasteiger partial charge in [-0.25, -0.2) is 4.79 Å². The highest BCUT2D eigenvalue weighted by molar-refractivity contribution is 7.85. The maximum absolute atomic E-state index is 12.4. The van der Waals surface area contributed by atoms with Crippen molar-refractivity contribution in [2.45, 2.75) is 43.2 Å². The summed E-state index contributed by atoms with van der Waals surface area (Å²) in [6, 6.07) is 17.3. The Morgan fingerprint density at radius 2 is 1.45 bits per heavy atom. The van der Waals surface area contributed by atoms with Crippen molar-refractivity contribution in [3.63, 3.8) is 0 Å². The SMILES string of the molecule is COC(=O)[C@@H](CC[S@@](=O)c1ccccc1)NC(=O)CCC(=O)N[C@H](C)c1ccccc1. The van der Waals surface area contributed by atoms with Gasteiger partial charge in [-0.3, -0.25) is 13.8 Å². The Hall–Kier alpha value is -3.00. The molecular weight excluding hydrogens is 416 g/mol. The van der Waals surface area contributed by atoms with Crippen molar-refractivity contribution in [3.05, 3.63) is 66.2 Å². The molecule has 0 fully saturated rings. The van der Waals surface area contributed by atoms with E-state index in [2.05, 4.69) is 10.6 Å². The first kappa shape index (κ1) is 24.3. The molecule has 0 aliphatic heterocycles. The van der Waals surface area contributed by atoms with E-state index in [1.165, 1.54) is 7.11 Å². The maximum atomic E-state index is 12.4. The van der Waals surface area contributed by atoms with Gasteiger partial charge in [-0.2, -0.15) is 0 Å². The fourth-order valence-electron chi connectivity index (χ4n) is 2.94. The number of ether oxygens (including phenoxy) is 1. The molecule has 0 radical (unpaired) electrons. The van der Waals surface area contributed by atoms with Crippen molar-refractivity contribution in [1.82, 2.24) is 10.6 Å². The van der Waals surface area contributed by atoms with Gasteiger partial charge in [0.25, 0.3) is 0 Å². The van der Waals surface area contributed by atoms with Gasteiger partial charge in [0.05, 0.1) is 24.0 Å². The van der Waals surface area contributed by atoms with E-state index in [-0.39, 0.29) is 37.0 Å². The lowest BCUT2D eigenvalue weighted by molar-refractivity contribution is -0.145. The van der Waals surface area contributed by atoms with E-state index >= 15 is 0 Å². The van der Waals surface area contributed by atoms with Crippen LogP contribution in [0, 0.1) is 0 Å². The zero-order valence-electron chi connectivity index (χ0n) is 17.7. The van der Waals surface area contributed by atoms with Crippen molar-refractivity contribution in [3.8, 4) is 0 Å². The molecular formula is C23H28N2O5S. The van der Waals surface area contributed by atoms with Crippen LogP contribution in [0.5, 0.6) is 0 Å². The second-order valence-electron chi connectivity index (χ2n) is 6.99. The van der Waals surface area contributed by atoms with Gasteiger partial charge in [0.15, 0.2) is 0 Å². The van der Waals surface area contributed by atoms with Crippen LogP contribution in [-0.2, 0) is 29.9 Å². The third-order valence-electron chi connectivity index (χ3n) is 4.68. The number of carbonyl (C=O) groups excluding carboxylic acids is 3. The highest BCUT2D eigenvalue weighted by Crippen LogP contribution is 2.12. The third-order valence-corrected chi connectivity index (χ3v) is 6.08. The first-order valence-corrected chi connectivity index (χ1v) is 11.4. The highest BCUT2D eigenvalue weighted by Gasteiger charge is 2.23. The van der Waals surface area contributed by atoms with Crippen LogP contribution in [0.1, 0.15) is 37.8 Å². The number of hydrogen-bond donors (Lipinski definition) is 2. The molecule has 166 valence electrons. The lowest BCUT2D eigenvalue weighted by atomic mass is 10.1. The van der Waals surface area contributed by atoms with Gasteiger partial charge < -0.3 is 15.4 Å². The zero-order valence-corrected chi connectivity index (χ0v) is 18.5. The fraction of sp³-hybridized carbons (Fsp3) is 0.348. The molecule has 0 saturated heterocycles. The van der Waals surface area contributed by atoms with Gasteiger partial charge in [-0.15, -0.1) is 0 Å². The lowest BCUT2D eigenvalue weighted by Crippen LogP contribution is -2.42. The Labute approximate surface area is 185 Å². The Bertz CT molecular complexity index is 889. The summed E-state index contributed by atoms with van der Waals surface area (Å²) in [4.78, 5) is 37.1. The molecule has 2 amide bonds. The molecule has 0 saturated carbocycles. The number of rotatable bonds is 11. The molecule has 0 spiro atoms. The number of methoxy groups -OCH3 is 1. The first-order chi connectivity index (χ1) is 14.9. The molecule has 0 aliphatic rings. The molecule has 31 heavy (non-hydrogen) atoms. The normalized spacial score (nSPS) is 13.5. The van der Waals surface area contributed by atoms with Gasteiger partial charge in [0, 0.05) is 23.5 Å². The predicted octanol–water partition coefficient (Wildman–Crippen LogP) is 2.50. The van der Waals surface area contributed by atoms with E-state index in [1.54, 1.807) is 24.3 Å². The van der Waals surface area contributed by atoms with E-state index in [0.29, 0.717) is 4.90 Å². The molecule has 7 nitrogen and oxygen atoms in total. The largest absolute Gasteiger partial charge is 0.467 e. The van der Waals surface area contributed by atoms with Gasteiger partial charge in [-0.1, -0.05) is 48.5 Å². The average molecular weight is 445 g/mol. The molecule has 2 aromatic rings. The molecule has 0 unspecified atom stereocenters. The topological polar surface area (TPSA) is 102 Å². The van der Waals surface area contributed by atoms with Crippen molar-refractivity contribution in [1.29, 1.82) is 0 Å². The summed E-state index contributed by atoms with van der Waals surface area (Å²) >= 11 is 0. The summed E-state index contributed by atoms with van der Waals surface area (Å²) in [6.07, 6.45) is 0.0899. The first-order valence-electron chi connectivity index (χ1n) is 10.1. The minimum Gasteiger partial charge on any atom is -0.467 e. The number of benzene rings is 2. The quantitative estimate of drug-likeness (QED) is 0.519. The summed E-state index contributed by atoms with van der Waals surface area (Å²) < 4.78 is 17.1. The monoisotopic (exact) mass is 444 g/mol. The van der Waals surface area contributed by atoms with E-state index < -0.39 is 28.7 Å². The lowest BCUT2D eigenvalue weighted by Gasteiger charge is -2.17. The minimum absolute atomic E-state index is 0.00710. The second-order valence-corrected chi connectivity index (χ2v) is 8.57. The summed E-state index contributed by atoms with van der Waals surface area (Å²) in [7, 11) is -0.0664. The Morgan fingerprint density at radius 3 is 2.03 bits per heavy atom. The second kappa shape index (κ2) is 12.6. The predicted molar refractivity (Wildman–Crippen MR) is 119 cm³/mol. The van der Waals surface area contributed by atoms with Crippen molar-refractivity contribution >= 4 is 28.6 Å². The highest BCUT2D eigenvalue weighted by atomic mass is 32.2. The Kier molecular flexibility index (Phi) is 9.90. The van der Waals surface area contributed by atoms with E-state index in [9.17, 15) is 18.6 Å². The number of amides is 2. The van der Waals surface area contributed by atoms with Crippen molar-refractivity contribution in [2.75, 3.05) is 12.9 Å². The van der Waals surface area contributed by atoms with Gasteiger partial charge in [0.2, 0.25) is 11.8 Å². The van der Waals surface area contributed by atoms with Gasteiger partial charge >= 0.3 is 5.97 Å². The molecule has 0 aliphatic carbocycles. The molecule has 2 aromatic carbocycles. The fourth-order valence-corrected chi connectivity index (χ4v) is 4.08. The summed E-state index contributed by atoms with van der Waals surface area (Å²) in [6.45, 7) is 1.87. The average Bonchev–Trinajstić information content (AvgIpc) is 2.80. The molecule has 0 heterocycles. The number of esters is 1. The van der Waals surface area contributed by atoms with Crippen LogP contribution < -0.4 is 10.6 Å². The van der Waals surface area contributed by atoms with Gasteiger partial charge in [-0.05, 0) is 31.0 Å². The van der Waals surface area contributed by atoms with Crippen LogP contribution in [0.25, 0.3) is 0 Å². The van der Waals surface area contributed by atoms with Crippen LogP contribution >= 0.6 is 0 Å². The van der Waals surface area contributed by atoms with Crippen LogP contribution in [0.4, 0.5) is 0 Å². The van der Waals surface area contributed by atoms with E-state index in [1.807, 2.05) is 43.3 Å². The van der Waals surface area contributed by atoms with Crippen molar-refractivity contribution in [2.24, 2.45) is 0 Å². The number of hydrogen-bond acceptors (Lipinski definition) is 5. The third kappa shape index (κ3) is 8.33. The number of carbonyl (C=O) groups is 3. The smallest absolute Gasteiger partial charge is 0.328 e. The minimum atomic E-state index is -1.30. The molecule has 2 N–H and O–H groups in total. The maximum Gasteiger partial charge on any atom is 0.328 e. The van der Waals surface area contributed by atoms with E-state index in [0.717, 1.165) is 5.56 Å². The van der Waals surface area contributed by atoms with Crippen molar-refractivity contribution < 1.29 is 23.3 Å². The summed E-state index contributed by atoms with van der Waals surface area (Å²) in [5.74, 6) is -1.12. The summed E-state index contributed by atoms with van der Waals surface area (Å²) in [5.41, 5.74) is 0.970. The van der Waals surface area contributed by atoms with Crippen LogP contribution in [-0.4, -0.2) is 40.9 Å². The number of nitrogens with one attached hydrogen (secondary N) is 2. The Balaban J connectivity index is 1.81. The van der Waals surface area contributed by atoms with E-state index in [4.69, 9.17) is 4.74 Å². The summed E-state index contributed by atoms with van der Waals surface area (Å²) in [5, 5.41) is 5.43. The molecule has 2 rings (SSSR count). The molecule has 3 atom stereocenters. The molecule has 0 bridgehead atoms. The van der Waals surface area contributed by atoms with Crippen LogP contribution in [0.3, 0.4) is 0 Å². The Morgan fingerprint density at radius 1 is 0.903 bits per heavy atom. The van der Waals surface area contributed by atoms with Gasteiger partial charge in [0.1, 0.15) is 6.04 Å². The van der Waals surface area contributed by atoms with Crippen LogP contribution in [0.15, 0.2) is 65.6 Å².